The average Bonchev–Trinajstić information content (AvgIpc) is 3.38. The van der Waals surface area contributed by atoms with Crippen molar-refractivity contribution in [1.82, 2.24) is 24.3 Å². The highest BCUT2D eigenvalue weighted by Crippen LogP contribution is 2.32. The molecule has 0 bridgehead atoms. The standard InChI is InChI=1S/C22H12Cl2F3N5O3/c23-15-2-1-3-16(24)19(15)20-28-18(35-30-20)11-32-21(33)31-10-13(6-9-17(31)29-32)12-4-7-14(8-5-12)34-22(25,26)27/h1-10H,11H2. The second kappa shape index (κ2) is 8.75. The molecule has 0 N–H and O–H groups in total. The van der Waals surface area contributed by atoms with Crippen LogP contribution < -0.4 is 10.4 Å². The molecule has 0 aliphatic rings. The zero-order chi connectivity index (χ0) is 24.7. The minimum atomic E-state index is -4.78. The molecule has 2 aromatic carbocycles. The van der Waals surface area contributed by atoms with Crippen molar-refractivity contribution >= 4 is 28.8 Å². The Labute approximate surface area is 204 Å². The molecule has 5 aromatic rings. The second-order valence-electron chi connectivity index (χ2n) is 7.27. The number of nitrogens with zero attached hydrogens (tertiary/aromatic N) is 5. The van der Waals surface area contributed by atoms with Gasteiger partial charge in [0.2, 0.25) is 11.7 Å². The summed E-state index contributed by atoms with van der Waals surface area (Å²) in [6.07, 6.45) is -3.25. The summed E-state index contributed by atoms with van der Waals surface area (Å²) in [6, 6.07) is 13.6. The molecule has 0 atom stereocenters. The highest BCUT2D eigenvalue weighted by Gasteiger charge is 2.31. The van der Waals surface area contributed by atoms with Crippen LogP contribution in [0.3, 0.4) is 0 Å². The average molecular weight is 522 g/mol. The van der Waals surface area contributed by atoms with E-state index in [0.717, 1.165) is 4.68 Å². The van der Waals surface area contributed by atoms with Crippen LogP contribution in [0, 0.1) is 0 Å². The minimum Gasteiger partial charge on any atom is -0.406 e. The molecule has 0 unspecified atom stereocenters. The monoisotopic (exact) mass is 521 g/mol. The van der Waals surface area contributed by atoms with Crippen molar-refractivity contribution in [2.75, 3.05) is 0 Å². The van der Waals surface area contributed by atoms with Crippen molar-refractivity contribution in [2.24, 2.45) is 0 Å². The Morgan fingerprint density at radius 1 is 0.971 bits per heavy atom. The van der Waals surface area contributed by atoms with Crippen LogP contribution in [0.25, 0.3) is 28.2 Å². The Hall–Kier alpha value is -3.83. The first kappa shape index (κ1) is 22.9. The van der Waals surface area contributed by atoms with Crippen LogP contribution in [0.15, 0.2) is 70.1 Å². The fourth-order valence-corrected chi connectivity index (χ4v) is 3.97. The van der Waals surface area contributed by atoms with Gasteiger partial charge in [-0.3, -0.25) is 0 Å². The van der Waals surface area contributed by atoms with Crippen LogP contribution in [-0.2, 0) is 6.54 Å². The van der Waals surface area contributed by atoms with Crippen molar-refractivity contribution in [3.8, 4) is 28.3 Å². The van der Waals surface area contributed by atoms with E-state index in [-0.39, 0.29) is 24.0 Å². The largest absolute Gasteiger partial charge is 0.573 e. The lowest BCUT2D eigenvalue weighted by molar-refractivity contribution is -0.274. The van der Waals surface area contributed by atoms with Gasteiger partial charge in [-0.2, -0.15) is 4.98 Å². The van der Waals surface area contributed by atoms with Gasteiger partial charge in [-0.15, -0.1) is 18.3 Å². The van der Waals surface area contributed by atoms with Crippen molar-refractivity contribution in [1.29, 1.82) is 0 Å². The normalized spacial score (nSPS) is 11.8. The zero-order valence-electron chi connectivity index (χ0n) is 17.3. The van der Waals surface area contributed by atoms with Gasteiger partial charge < -0.3 is 9.26 Å². The molecule has 0 radical (unpaired) electrons. The number of ether oxygens (including phenoxy) is 1. The summed E-state index contributed by atoms with van der Waals surface area (Å²) < 4.78 is 48.7. The van der Waals surface area contributed by atoms with Gasteiger partial charge in [-0.05, 0) is 47.5 Å². The first-order valence-corrected chi connectivity index (χ1v) is 10.7. The minimum absolute atomic E-state index is 0.103. The number of hydrogen-bond acceptors (Lipinski definition) is 6. The number of fused-ring (bicyclic) bond motifs is 1. The highest BCUT2D eigenvalue weighted by atomic mass is 35.5. The summed E-state index contributed by atoms with van der Waals surface area (Å²) in [6.45, 7) is -0.103. The molecule has 35 heavy (non-hydrogen) atoms. The summed E-state index contributed by atoms with van der Waals surface area (Å²) in [5, 5.41) is 8.84. The van der Waals surface area contributed by atoms with Crippen LogP contribution in [0.2, 0.25) is 10.0 Å². The number of pyridine rings is 1. The summed E-state index contributed by atoms with van der Waals surface area (Å²) in [5.41, 5.74) is 1.45. The van der Waals surface area contributed by atoms with E-state index >= 15 is 0 Å². The third-order valence-corrected chi connectivity index (χ3v) is 5.57. The summed E-state index contributed by atoms with van der Waals surface area (Å²) in [7, 11) is 0. The van der Waals surface area contributed by atoms with Crippen molar-refractivity contribution in [3.63, 3.8) is 0 Å². The van der Waals surface area contributed by atoms with Crippen LogP contribution in [-0.4, -0.2) is 30.7 Å². The first-order chi connectivity index (χ1) is 16.7. The molecule has 178 valence electrons. The van der Waals surface area contributed by atoms with E-state index < -0.39 is 12.1 Å². The van der Waals surface area contributed by atoms with Crippen molar-refractivity contribution < 1.29 is 22.4 Å². The lowest BCUT2D eigenvalue weighted by Crippen LogP contribution is -2.21. The van der Waals surface area contributed by atoms with E-state index in [1.165, 1.54) is 34.9 Å². The van der Waals surface area contributed by atoms with Crippen molar-refractivity contribution in [2.45, 2.75) is 12.9 Å². The molecule has 5 rings (SSSR count). The number of rotatable bonds is 5. The lowest BCUT2D eigenvalue weighted by Gasteiger charge is -2.09. The molecule has 0 fully saturated rings. The van der Waals surface area contributed by atoms with Crippen LogP contribution >= 0.6 is 23.2 Å². The van der Waals surface area contributed by atoms with E-state index in [1.54, 1.807) is 30.3 Å². The van der Waals surface area contributed by atoms with Crippen molar-refractivity contribution in [3.05, 3.63) is 87.2 Å². The zero-order valence-corrected chi connectivity index (χ0v) is 18.8. The molecule has 0 saturated heterocycles. The van der Waals surface area contributed by atoms with Crippen LogP contribution in [0.4, 0.5) is 13.2 Å². The van der Waals surface area contributed by atoms with Crippen LogP contribution in [0.1, 0.15) is 5.89 Å². The smallest absolute Gasteiger partial charge is 0.406 e. The van der Waals surface area contributed by atoms with E-state index in [1.807, 2.05) is 0 Å². The number of alkyl halides is 3. The number of halogens is 5. The van der Waals surface area contributed by atoms with Gasteiger partial charge in [-0.25, -0.2) is 13.9 Å². The predicted octanol–water partition coefficient (Wildman–Crippen LogP) is 5.47. The molecule has 3 heterocycles. The van der Waals surface area contributed by atoms with Gasteiger partial charge in [0.15, 0.2) is 5.65 Å². The Bertz CT molecular complexity index is 1570. The maximum absolute atomic E-state index is 12.9. The second-order valence-corrected chi connectivity index (χ2v) is 8.08. The third-order valence-electron chi connectivity index (χ3n) is 4.94. The van der Waals surface area contributed by atoms with E-state index in [4.69, 9.17) is 27.7 Å². The topological polar surface area (TPSA) is 87.5 Å². The highest BCUT2D eigenvalue weighted by molar-refractivity contribution is 6.38. The summed E-state index contributed by atoms with van der Waals surface area (Å²) >= 11 is 12.4. The van der Waals surface area contributed by atoms with Gasteiger partial charge in [0.05, 0.1) is 15.6 Å². The van der Waals surface area contributed by atoms with E-state index in [2.05, 4.69) is 20.0 Å². The SMILES string of the molecule is O=c1n(Cc2nc(-c3c(Cl)cccc3Cl)no2)nc2ccc(-c3ccc(OC(F)(F)F)cc3)cn12. The van der Waals surface area contributed by atoms with Gasteiger partial charge in [0.1, 0.15) is 12.3 Å². The first-order valence-electron chi connectivity index (χ1n) is 9.90. The lowest BCUT2D eigenvalue weighted by atomic mass is 10.1. The molecule has 0 aliphatic heterocycles. The maximum atomic E-state index is 12.9. The quantitative estimate of drug-likeness (QED) is 0.305. The number of hydrogen-bond donors (Lipinski definition) is 0. The van der Waals surface area contributed by atoms with E-state index in [0.29, 0.717) is 32.4 Å². The number of benzene rings is 2. The molecule has 0 amide bonds. The summed E-state index contributed by atoms with van der Waals surface area (Å²) in [4.78, 5) is 17.2. The molecule has 0 aliphatic carbocycles. The predicted molar refractivity (Wildman–Crippen MR) is 120 cm³/mol. The fraction of sp³-hybridized carbons (Fsp3) is 0.0909. The summed E-state index contributed by atoms with van der Waals surface area (Å²) in [5.74, 6) is -0.0565. The Morgan fingerprint density at radius 3 is 2.34 bits per heavy atom. The Morgan fingerprint density at radius 2 is 1.66 bits per heavy atom. The van der Waals surface area contributed by atoms with Gasteiger partial charge in [0.25, 0.3) is 0 Å². The van der Waals surface area contributed by atoms with E-state index in [9.17, 15) is 18.0 Å². The molecule has 0 spiro atoms. The number of aromatic nitrogens is 5. The third kappa shape index (κ3) is 4.73. The molecule has 3 aromatic heterocycles. The maximum Gasteiger partial charge on any atom is 0.573 e. The van der Waals surface area contributed by atoms with Gasteiger partial charge in [0, 0.05) is 6.20 Å². The molecular weight excluding hydrogens is 510 g/mol. The Balaban J connectivity index is 1.41. The molecule has 0 saturated carbocycles. The van der Waals surface area contributed by atoms with Gasteiger partial charge in [-0.1, -0.05) is 46.6 Å². The van der Waals surface area contributed by atoms with Crippen LogP contribution in [0.5, 0.6) is 5.75 Å². The van der Waals surface area contributed by atoms with Gasteiger partial charge >= 0.3 is 12.1 Å². The molecule has 8 nitrogen and oxygen atoms in total. The molecular formula is C22H12Cl2F3N5O3. The Kier molecular flexibility index (Phi) is 5.73. The fourth-order valence-electron chi connectivity index (χ4n) is 3.40. The molecule has 13 heteroatoms.